The minimum atomic E-state index is -4.55. The van der Waals surface area contributed by atoms with E-state index in [9.17, 15) is 22.8 Å². The Morgan fingerprint density at radius 1 is 1.07 bits per heavy atom. The topological polar surface area (TPSA) is 91.1 Å². The fraction of sp³-hybridized carbons (Fsp3) is 0.548. The van der Waals surface area contributed by atoms with Gasteiger partial charge in [-0.3, -0.25) is 19.4 Å². The van der Waals surface area contributed by atoms with E-state index < -0.39 is 23.7 Å². The molecule has 2 aromatic rings. The number of primary amides is 1. The Hall–Kier alpha value is -2.99. The van der Waals surface area contributed by atoms with Crippen molar-refractivity contribution < 1.29 is 27.5 Å². The first-order valence-corrected chi connectivity index (χ1v) is 14.7. The average molecular weight is 588 g/mol. The fourth-order valence-corrected chi connectivity index (χ4v) is 6.56. The van der Waals surface area contributed by atoms with Gasteiger partial charge in [0.15, 0.2) is 0 Å². The number of nitrogens with zero attached hydrogens (tertiary/aromatic N) is 3. The molecule has 3 N–H and O–H groups in total. The summed E-state index contributed by atoms with van der Waals surface area (Å²) in [6.07, 6.45) is -3.01. The van der Waals surface area contributed by atoms with E-state index in [0.29, 0.717) is 45.0 Å². The van der Waals surface area contributed by atoms with Gasteiger partial charge in [-0.25, -0.2) is 0 Å². The first kappa shape index (κ1) is 30.5. The molecule has 3 aliphatic heterocycles. The van der Waals surface area contributed by atoms with E-state index >= 15 is 0 Å². The number of hydrogen-bond acceptors (Lipinski definition) is 6. The van der Waals surface area contributed by atoms with Gasteiger partial charge in [-0.1, -0.05) is 19.1 Å². The number of nitrogens with two attached hydrogens (primary N) is 1. The molecule has 0 bridgehead atoms. The lowest BCUT2D eigenvalue weighted by molar-refractivity contribution is -0.138. The summed E-state index contributed by atoms with van der Waals surface area (Å²) in [5.41, 5.74) is 7.77. The predicted octanol–water partition coefficient (Wildman–Crippen LogP) is 3.90. The number of likely N-dealkylation sites (N-methyl/N-ethyl adjacent to an activating group) is 1. The van der Waals surface area contributed by atoms with Crippen LogP contribution in [0.1, 0.15) is 58.3 Å². The van der Waals surface area contributed by atoms with E-state index in [1.165, 1.54) is 12.1 Å². The van der Waals surface area contributed by atoms with Gasteiger partial charge in [0.05, 0.1) is 11.6 Å². The van der Waals surface area contributed by atoms with E-state index in [-0.39, 0.29) is 35.5 Å². The Balaban J connectivity index is 1.32. The maximum atomic E-state index is 14.0. The highest BCUT2D eigenvalue weighted by Crippen LogP contribution is 2.36. The van der Waals surface area contributed by atoms with Crippen LogP contribution in [0.15, 0.2) is 36.4 Å². The SMILES string of the molecule is C[C@H]1CN(C(C(N)=O)C2CCOCC2)Cc2cc(C(=O)Nc3ccc(CN4CCN(C)CC4)c(C(F)(F)F)c3)ccc21. The summed E-state index contributed by atoms with van der Waals surface area (Å²) in [5, 5.41) is 2.67. The minimum absolute atomic E-state index is 0.0930. The number of amides is 2. The number of fused-ring (bicyclic) bond motifs is 1. The standard InChI is InChI=1S/C31H40F3N5O3/c1-20-17-39(28(29(35)40)21-7-13-42-14-8-21)19-24-15-22(4-6-26(20)24)30(41)36-25-5-3-23(27(16-25)31(32,33)34)18-38-11-9-37(2)10-12-38/h3-6,15-16,20-21,28H,7-14,17-19H2,1-2H3,(H2,35,40)(H,36,41)/t20-,28?/m0/s1. The molecule has 228 valence electrons. The molecule has 3 heterocycles. The number of carbonyl (C=O) groups excluding carboxylic acids is 2. The Morgan fingerprint density at radius 2 is 1.79 bits per heavy atom. The largest absolute Gasteiger partial charge is 0.416 e. The van der Waals surface area contributed by atoms with Crippen LogP contribution in [-0.2, 0) is 28.8 Å². The van der Waals surface area contributed by atoms with Crippen LogP contribution in [0.25, 0.3) is 0 Å². The van der Waals surface area contributed by atoms with E-state index in [4.69, 9.17) is 10.5 Å². The number of piperazine rings is 1. The fourth-order valence-electron chi connectivity index (χ4n) is 6.56. The summed E-state index contributed by atoms with van der Waals surface area (Å²) in [6.45, 7) is 7.65. The van der Waals surface area contributed by atoms with Gasteiger partial charge in [-0.05, 0) is 72.7 Å². The van der Waals surface area contributed by atoms with Gasteiger partial charge in [0.25, 0.3) is 5.91 Å². The lowest BCUT2D eigenvalue weighted by Gasteiger charge is -2.41. The minimum Gasteiger partial charge on any atom is -0.381 e. The molecule has 0 aromatic heterocycles. The van der Waals surface area contributed by atoms with E-state index in [1.54, 1.807) is 12.1 Å². The van der Waals surface area contributed by atoms with Crippen LogP contribution in [0.3, 0.4) is 0 Å². The van der Waals surface area contributed by atoms with Gasteiger partial charge in [0, 0.05) is 70.3 Å². The maximum Gasteiger partial charge on any atom is 0.416 e. The zero-order valence-electron chi connectivity index (χ0n) is 24.3. The summed E-state index contributed by atoms with van der Waals surface area (Å²) in [7, 11) is 2.00. The molecule has 0 aliphatic carbocycles. The van der Waals surface area contributed by atoms with E-state index in [1.807, 2.05) is 18.0 Å². The highest BCUT2D eigenvalue weighted by molar-refractivity contribution is 6.04. The van der Waals surface area contributed by atoms with Crippen LogP contribution < -0.4 is 11.1 Å². The number of rotatable bonds is 7. The second-order valence-corrected chi connectivity index (χ2v) is 11.9. The molecule has 42 heavy (non-hydrogen) atoms. The number of anilines is 1. The number of alkyl halides is 3. The number of halogens is 3. The van der Waals surface area contributed by atoms with Crippen molar-refractivity contribution in [1.82, 2.24) is 14.7 Å². The van der Waals surface area contributed by atoms with E-state index in [2.05, 4.69) is 22.0 Å². The highest BCUT2D eigenvalue weighted by Gasteiger charge is 2.37. The van der Waals surface area contributed by atoms with Crippen molar-refractivity contribution in [2.75, 3.05) is 58.3 Å². The van der Waals surface area contributed by atoms with Gasteiger partial charge >= 0.3 is 6.18 Å². The number of nitrogens with one attached hydrogen (secondary N) is 1. The van der Waals surface area contributed by atoms with Crippen LogP contribution in [0, 0.1) is 5.92 Å². The van der Waals surface area contributed by atoms with Crippen LogP contribution in [-0.4, -0.2) is 85.5 Å². The third kappa shape index (κ3) is 6.96. The molecule has 8 nitrogen and oxygen atoms in total. The lowest BCUT2D eigenvalue weighted by atomic mass is 9.85. The molecule has 0 saturated carbocycles. The normalized spacial score (nSPS) is 22.0. The highest BCUT2D eigenvalue weighted by atomic mass is 19.4. The van der Waals surface area contributed by atoms with Crippen LogP contribution in [0.4, 0.5) is 18.9 Å². The molecule has 2 fully saturated rings. The molecule has 2 amide bonds. The van der Waals surface area contributed by atoms with Gasteiger partial charge in [0.2, 0.25) is 5.91 Å². The number of carbonyl (C=O) groups is 2. The molecular weight excluding hydrogens is 547 g/mol. The maximum absolute atomic E-state index is 14.0. The predicted molar refractivity (Wildman–Crippen MR) is 154 cm³/mol. The summed E-state index contributed by atoms with van der Waals surface area (Å²) >= 11 is 0. The van der Waals surface area contributed by atoms with Crippen molar-refractivity contribution in [3.05, 3.63) is 64.2 Å². The third-order valence-corrected chi connectivity index (χ3v) is 8.88. The van der Waals surface area contributed by atoms with Crippen LogP contribution >= 0.6 is 0 Å². The molecule has 1 unspecified atom stereocenters. The zero-order valence-corrected chi connectivity index (χ0v) is 24.3. The third-order valence-electron chi connectivity index (χ3n) is 8.88. The molecule has 0 spiro atoms. The summed E-state index contributed by atoms with van der Waals surface area (Å²) in [6, 6.07) is 8.98. The average Bonchev–Trinajstić information content (AvgIpc) is 2.94. The first-order chi connectivity index (χ1) is 20.0. The zero-order chi connectivity index (χ0) is 30.0. The number of hydrogen-bond donors (Lipinski definition) is 2. The number of benzene rings is 2. The van der Waals surface area contributed by atoms with Crippen molar-refractivity contribution in [3.8, 4) is 0 Å². The molecule has 2 aromatic carbocycles. The van der Waals surface area contributed by atoms with Gasteiger partial charge in [0.1, 0.15) is 0 Å². The Bertz CT molecular complexity index is 1290. The van der Waals surface area contributed by atoms with Crippen molar-refractivity contribution in [2.24, 2.45) is 11.7 Å². The molecule has 3 aliphatic rings. The van der Waals surface area contributed by atoms with Crippen molar-refractivity contribution in [3.63, 3.8) is 0 Å². The molecular formula is C31H40F3N5O3. The Kier molecular flexibility index (Phi) is 9.22. The van der Waals surface area contributed by atoms with Gasteiger partial charge in [-0.2, -0.15) is 13.2 Å². The monoisotopic (exact) mass is 587 g/mol. The lowest BCUT2D eigenvalue weighted by Crippen LogP contribution is -2.52. The van der Waals surface area contributed by atoms with Gasteiger partial charge in [-0.15, -0.1) is 0 Å². The summed E-state index contributed by atoms with van der Waals surface area (Å²) < 4.78 is 47.6. The van der Waals surface area contributed by atoms with E-state index in [0.717, 1.165) is 43.1 Å². The molecule has 11 heteroatoms. The summed E-state index contributed by atoms with van der Waals surface area (Å²) in [5.74, 6) is -0.616. The second kappa shape index (κ2) is 12.7. The molecule has 0 radical (unpaired) electrons. The van der Waals surface area contributed by atoms with Crippen LogP contribution in [0.2, 0.25) is 0 Å². The Morgan fingerprint density at radius 3 is 2.45 bits per heavy atom. The number of ether oxygens (including phenoxy) is 1. The van der Waals surface area contributed by atoms with Crippen LogP contribution in [0.5, 0.6) is 0 Å². The summed E-state index contributed by atoms with van der Waals surface area (Å²) in [4.78, 5) is 32.0. The molecule has 2 atom stereocenters. The second-order valence-electron chi connectivity index (χ2n) is 11.9. The first-order valence-electron chi connectivity index (χ1n) is 14.7. The quantitative estimate of drug-likeness (QED) is 0.511. The van der Waals surface area contributed by atoms with Gasteiger partial charge < -0.3 is 20.7 Å². The van der Waals surface area contributed by atoms with Crippen molar-refractivity contribution in [2.45, 2.75) is 51.0 Å². The van der Waals surface area contributed by atoms with Crippen molar-refractivity contribution in [1.29, 1.82) is 0 Å². The smallest absolute Gasteiger partial charge is 0.381 e. The van der Waals surface area contributed by atoms with Crippen molar-refractivity contribution >= 4 is 17.5 Å². The Labute approximate surface area is 245 Å². The molecule has 5 rings (SSSR count). The molecule has 2 saturated heterocycles.